The fraction of sp³-hybridized carbons (Fsp3) is 0.450. The zero-order valence-corrected chi connectivity index (χ0v) is 16.7. The third-order valence-corrected chi connectivity index (χ3v) is 5.81. The third kappa shape index (κ3) is 4.51. The molecular weight excluding hydrogens is 376 g/mol. The average Bonchev–Trinajstić information content (AvgIpc) is 3.44. The number of ether oxygens (including phenoxy) is 1. The van der Waals surface area contributed by atoms with Crippen molar-refractivity contribution in [2.24, 2.45) is 5.92 Å². The van der Waals surface area contributed by atoms with E-state index in [1.165, 1.54) is 11.3 Å². The molecule has 1 aromatic carbocycles. The van der Waals surface area contributed by atoms with Crippen molar-refractivity contribution in [2.75, 3.05) is 30.3 Å². The van der Waals surface area contributed by atoms with Gasteiger partial charge in [0.05, 0.1) is 24.5 Å². The van der Waals surface area contributed by atoms with E-state index in [4.69, 9.17) is 4.74 Å². The van der Waals surface area contributed by atoms with Crippen LogP contribution in [-0.4, -0.2) is 41.4 Å². The number of hydrogen-bond acceptors (Lipinski definition) is 6. The first kappa shape index (κ1) is 18.9. The Morgan fingerprint density at radius 3 is 2.89 bits per heavy atom. The van der Waals surface area contributed by atoms with Gasteiger partial charge in [0.2, 0.25) is 11.8 Å². The number of carbonyl (C=O) groups is 2. The standard InChI is InChI=1S/C20H24N4O3S/c1-2-27-16-6-4-3-5-14(16)21-18(25)12-24-10-9-15-17(11-24)28-20(22-15)23-19(26)13-7-8-13/h3-6,13H,2,7-12H2,1H3,(H,21,25)(H,22,23,26). The molecule has 2 aliphatic rings. The second-order valence-electron chi connectivity index (χ2n) is 7.09. The predicted octanol–water partition coefficient (Wildman–Crippen LogP) is 2.89. The summed E-state index contributed by atoms with van der Waals surface area (Å²) in [7, 11) is 0. The minimum Gasteiger partial charge on any atom is -0.492 e. The predicted molar refractivity (Wildman–Crippen MR) is 109 cm³/mol. The van der Waals surface area contributed by atoms with Gasteiger partial charge in [-0.05, 0) is 31.9 Å². The molecule has 2 heterocycles. The Morgan fingerprint density at radius 2 is 2.11 bits per heavy atom. The first-order valence-corrected chi connectivity index (χ1v) is 10.5. The summed E-state index contributed by atoms with van der Waals surface area (Å²) in [5.41, 5.74) is 1.73. The van der Waals surface area contributed by atoms with Crippen LogP contribution in [0.4, 0.5) is 10.8 Å². The molecule has 0 radical (unpaired) electrons. The highest BCUT2D eigenvalue weighted by molar-refractivity contribution is 7.15. The summed E-state index contributed by atoms with van der Waals surface area (Å²) in [6.45, 7) is 4.22. The monoisotopic (exact) mass is 400 g/mol. The fourth-order valence-corrected chi connectivity index (χ4v) is 4.29. The highest BCUT2D eigenvalue weighted by atomic mass is 32.1. The van der Waals surface area contributed by atoms with E-state index in [1.807, 2.05) is 31.2 Å². The lowest BCUT2D eigenvalue weighted by Gasteiger charge is -2.25. The first-order valence-electron chi connectivity index (χ1n) is 9.66. The van der Waals surface area contributed by atoms with Crippen LogP contribution in [0.1, 0.15) is 30.3 Å². The Hall–Kier alpha value is -2.45. The summed E-state index contributed by atoms with van der Waals surface area (Å²) in [4.78, 5) is 32.2. The lowest BCUT2D eigenvalue weighted by Crippen LogP contribution is -2.36. The van der Waals surface area contributed by atoms with Crippen LogP contribution in [0.2, 0.25) is 0 Å². The van der Waals surface area contributed by atoms with Crippen LogP contribution in [0.5, 0.6) is 5.75 Å². The summed E-state index contributed by atoms with van der Waals surface area (Å²) in [6, 6.07) is 7.45. The molecule has 0 bridgehead atoms. The first-order chi connectivity index (χ1) is 13.6. The van der Waals surface area contributed by atoms with Gasteiger partial charge in [0.15, 0.2) is 5.13 Å². The number of amides is 2. The van der Waals surface area contributed by atoms with Gasteiger partial charge in [-0.2, -0.15) is 0 Å². The number of nitrogens with zero attached hydrogens (tertiary/aromatic N) is 2. The van der Waals surface area contributed by atoms with E-state index < -0.39 is 0 Å². The van der Waals surface area contributed by atoms with Crippen molar-refractivity contribution in [1.82, 2.24) is 9.88 Å². The Kier molecular flexibility index (Phi) is 5.59. The number of aromatic nitrogens is 1. The van der Waals surface area contributed by atoms with Crippen molar-refractivity contribution in [1.29, 1.82) is 0 Å². The molecule has 0 saturated heterocycles. The molecule has 2 N–H and O–H groups in total. The number of thiazole rings is 1. The van der Waals surface area contributed by atoms with Gasteiger partial charge in [0.1, 0.15) is 5.75 Å². The van der Waals surface area contributed by atoms with Gasteiger partial charge in [-0.15, -0.1) is 11.3 Å². The van der Waals surface area contributed by atoms with Crippen molar-refractivity contribution in [3.63, 3.8) is 0 Å². The fourth-order valence-electron chi connectivity index (χ4n) is 3.23. The van der Waals surface area contributed by atoms with Crippen LogP contribution in [-0.2, 0) is 22.6 Å². The molecule has 0 spiro atoms. The SMILES string of the molecule is CCOc1ccccc1NC(=O)CN1CCc2nc(NC(=O)C3CC3)sc2C1. The molecule has 4 rings (SSSR count). The van der Waals surface area contributed by atoms with E-state index in [9.17, 15) is 9.59 Å². The van der Waals surface area contributed by atoms with Crippen molar-refractivity contribution in [3.05, 3.63) is 34.8 Å². The largest absolute Gasteiger partial charge is 0.492 e. The van der Waals surface area contributed by atoms with E-state index in [0.29, 0.717) is 36.3 Å². The van der Waals surface area contributed by atoms with Crippen molar-refractivity contribution in [3.8, 4) is 5.75 Å². The highest BCUT2D eigenvalue weighted by Crippen LogP contribution is 2.33. The summed E-state index contributed by atoms with van der Waals surface area (Å²) in [5.74, 6) is 0.858. The lowest BCUT2D eigenvalue weighted by molar-refractivity contribution is -0.118. The molecule has 1 fully saturated rings. The summed E-state index contributed by atoms with van der Waals surface area (Å²) < 4.78 is 5.56. The molecule has 8 heteroatoms. The van der Waals surface area contributed by atoms with Crippen LogP contribution in [0.3, 0.4) is 0 Å². The number of hydrogen-bond donors (Lipinski definition) is 2. The minimum absolute atomic E-state index is 0.0672. The minimum atomic E-state index is -0.0672. The molecule has 0 unspecified atom stereocenters. The van der Waals surface area contributed by atoms with E-state index in [2.05, 4.69) is 20.5 Å². The molecule has 1 saturated carbocycles. The number of nitrogens with one attached hydrogen (secondary N) is 2. The highest BCUT2D eigenvalue weighted by Gasteiger charge is 2.31. The maximum absolute atomic E-state index is 12.5. The van der Waals surface area contributed by atoms with Crippen LogP contribution in [0.25, 0.3) is 0 Å². The lowest BCUT2D eigenvalue weighted by atomic mass is 10.2. The van der Waals surface area contributed by atoms with Crippen molar-refractivity contribution < 1.29 is 14.3 Å². The smallest absolute Gasteiger partial charge is 0.238 e. The number of fused-ring (bicyclic) bond motifs is 1. The quantitative estimate of drug-likeness (QED) is 0.747. The number of carbonyl (C=O) groups excluding carboxylic acids is 2. The molecule has 1 aliphatic carbocycles. The zero-order valence-electron chi connectivity index (χ0n) is 15.9. The second kappa shape index (κ2) is 8.28. The van der Waals surface area contributed by atoms with Crippen LogP contribution in [0, 0.1) is 5.92 Å². The Labute approximate surface area is 168 Å². The molecular formula is C20H24N4O3S. The normalized spacial score (nSPS) is 16.3. The maximum atomic E-state index is 12.5. The Balaban J connectivity index is 1.33. The van der Waals surface area contributed by atoms with Gasteiger partial charge in [-0.25, -0.2) is 4.98 Å². The Morgan fingerprint density at radius 1 is 1.29 bits per heavy atom. The zero-order chi connectivity index (χ0) is 19.5. The summed E-state index contributed by atoms with van der Waals surface area (Å²) in [5, 5.41) is 6.55. The van der Waals surface area contributed by atoms with Crippen LogP contribution < -0.4 is 15.4 Å². The van der Waals surface area contributed by atoms with Crippen LogP contribution >= 0.6 is 11.3 Å². The van der Waals surface area contributed by atoms with Gasteiger partial charge < -0.3 is 15.4 Å². The molecule has 1 aromatic heterocycles. The van der Waals surface area contributed by atoms with Gasteiger partial charge in [0, 0.05) is 30.3 Å². The molecule has 148 valence electrons. The van der Waals surface area contributed by atoms with E-state index in [-0.39, 0.29) is 17.7 Å². The van der Waals surface area contributed by atoms with E-state index in [1.54, 1.807) is 0 Å². The van der Waals surface area contributed by atoms with Crippen molar-refractivity contribution in [2.45, 2.75) is 32.7 Å². The average molecular weight is 401 g/mol. The van der Waals surface area contributed by atoms with Gasteiger partial charge >= 0.3 is 0 Å². The number of rotatable bonds is 7. The molecule has 0 atom stereocenters. The number of anilines is 2. The van der Waals surface area contributed by atoms with E-state index in [0.717, 1.165) is 36.4 Å². The second-order valence-corrected chi connectivity index (χ2v) is 8.17. The van der Waals surface area contributed by atoms with Crippen molar-refractivity contribution >= 4 is 34.0 Å². The molecule has 2 aromatic rings. The summed E-state index contributed by atoms with van der Waals surface area (Å²) >= 11 is 1.52. The molecule has 28 heavy (non-hydrogen) atoms. The molecule has 2 amide bonds. The topological polar surface area (TPSA) is 83.6 Å². The summed E-state index contributed by atoms with van der Waals surface area (Å²) in [6.07, 6.45) is 2.74. The number of benzene rings is 1. The number of para-hydroxylation sites is 2. The van der Waals surface area contributed by atoms with Gasteiger partial charge in [-0.3, -0.25) is 14.5 Å². The van der Waals surface area contributed by atoms with E-state index >= 15 is 0 Å². The molecule has 7 nitrogen and oxygen atoms in total. The van der Waals surface area contributed by atoms with Crippen LogP contribution in [0.15, 0.2) is 24.3 Å². The maximum Gasteiger partial charge on any atom is 0.238 e. The third-order valence-electron chi connectivity index (χ3n) is 4.82. The Bertz CT molecular complexity index is 878. The van der Waals surface area contributed by atoms with Gasteiger partial charge in [-0.1, -0.05) is 12.1 Å². The molecule has 1 aliphatic heterocycles. The van der Waals surface area contributed by atoms with Gasteiger partial charge in [0.25, 0.3) is 0 Å².